The van der Waals surface area contributed by atoms with Gasteiger partial charge in [0.2, 0.25) is 5.91 Å². The van der Waals surface area contributed by atoms with Crippen LogP contribution in [0.25, 0.3) is 0 Å². The number of nitrogens with zero attached hydrogens (tertiary/aromatic N) is 1. The van der Waals surface area contributed by atoms with Crippen LogP contribution in [0.1, 0.15) is 32.4 Å². The lowest BCUT2D eigenvalue weighted by atomic mass is 10.1. The molecule has 1 saturated heterocycles. The van der Waals surface area contributed by atoms with Gasteiger partial charge in [0.1, 0.15) is 11.4 Å². The second-order valence-corrected chi connectivity index (χ2v) is 8.48. The minimum absolute atomic E-state index is 0.120. The van der Waals surface area contributed by atoms with Crippen molar-refractivity contribution in [3.63, 3.8) is 0 Å². The Kier molecular flexibility index (Phi) is 6.23. The molecule has 154 valence electrons. The van der Waals surface area contributed by atoms with E-state index >= 15 is 0 Å². The van der Waals surface area contributed by atoms with Gasteiger partial charge in [-0.05, 0) is 37.1 Å². The van der Waals surface area contributed by atoms with Crippen LogP contribution in [-0.4, -0.2) is 35.1 Å². The normalized spacial score (nSPS) is 18.4. The van der Waals surface area contributed by atoms with E-state index in [1.807, 2.05) is 67.6 Å². The largest absolute Gasteiger partial charge is 0.472 e. The third kappa shape index (κ3) is 4.44. The molecule has 6 heteroatoms. The van der Waals surface area contributed by atoms with Gasteiger partial charge in [0, 0.05) is 23.4 Å². The number of aryl methyl sites for hydroxylation is 1. The van der Waals surface area contributed by atoms with Gasteiger partial charge in [-0.1, -0.05) is 48.0 Å². The van der Waals surface area contributed by atoms with E-state index in [2.05, 4.69) is 5.32 Å². The summed E-state index contributed by atoms with van der Waals surface area (Å²) in [6.45, 7) is 2.52. The average molecular weight is 421 g/mol. The first-order chi connectivity index (χ1) is 14.6. The van der Waals surface area contributed by atoms with Gasteiger partial charge < -0.3 is 14.6 Å². The summed E-state index contributed by atoms with van der Waals surface area (Å²) in [6.07, 6.45) is 3.99. The van der Waals surface area contributed by atoms with Gasteiger partial charge in [-0.15, -0.1) is 11.8 Å². The Labute approximate surface area is 180 Å². The fourth-order valence-electron chi connectivity index (χ4n) is 3.57. The molecule has 1 aliphatic rings. The average Bonchev–Trinajstić information content (AvgIpc) is 3.44. The highest BCUT2D eigenvalue weighted by atomic mass is 32.2. The Bertz CT molecular complexity index is 987. The Morgan fingerprint density at radius 1 is 1.10 bits per heavy atom. The summed E-state index contributed by atoms with van der Waals surface area (Å²) in [7, 11) is 0. The predicted octanol–water partition coefficient (Wildman–Crippen LogP) is 4.20. The first-order valence-corrected chi connectivity index (χ1v) is 11.0. The molecular formula is C24H24N2O3S. The number of amides is 2. The second kappa shape index (κ2) is 9.22. The minimum atomic E-state index is -0.528. The molecule has 0 radical (unpaired) electrons. The number of hydrogen-bond donors (Lipinski definition) is 1. The highest BCUT2D eigenvalue weighted by molar-refractivity contribution is 7.99. The minimum Gasteiger partial charge on any atom is -0.472 e. The summed E-state index contributed by atoms with van der Waals surface area (Å²) in [5.41, 5.74) is 3.73. The second-order valence-electron chi connectivity index (χ2n) is 7.36. The van der Waals surface area contributed by atoms with Crippen molar-refractivity contribution in [2.24, 2.45) is 0 Å². The van der Waals surface area contributed by atoms with Gasteiger partial charge in [0.05, 0.1) is 12.5 Å². The Hall–Kier alpha value is -2.99. The van der Waals surface area contributed by atoms with Gasteiger partial charge in [0.15, 0.2) is 0 Å². The maximum absolute atomic E-state index is 13.4. The Morgan fingerprint density at radius 2 is 1.87 bits per heavy atom. The molecule has 0 spiro atoms. The molecule has 1 N–H and O–H groups in total. The third-order valence-electron chi connectivity index (χ3n) is 5.22. The molecule has 2 aromatic carbocycles. The zero-order valence-electron chi connectivity index (χ0n) is 16.8. The fourth-order valence-corrected chi connectivity index (χ4v) is 4.97. The molecule has 3 aromatic rings. The summed E-state index contributed by atoms with van der Waals surface area (Å²) in [5.74, 6) is 0.282. The monoisotopic (exact) mass is 420 g/mol. The highest BCUT2D eigenvalue weighted by Crippen LogP contribution is 2.42. The van der Waals surface area contributed by atoms with Crippen molar-refractivity contribution in [3.8, 4) is 0 Å². The van der Waals surface area contributed by atoms with E-state index in [9.17, 15) is 9.59 Å². The maximum Gasteiger partial charge on any atom is 0.255 e. The van der Waals surface area contributed by atoms with E-state index in [1.165, 1.54) is 5.56 Å². The number of carbonyl (C=O) groups is 2. The number of carbonyl (C=O) groups excluding carboxylic acids is 2. The van der Waals surface area contributed by atoms with Gasteiger partial charge in [-0.2, -0.15) is 0 Å². The first-order valence-electron chi connectivity index (χ1n) is 9.98. The van der Waals surface area contributed by atoms with Gasteiger partial charge >= 0.3 is 0 Å². The predicted molar refractivity (Wildman–Crippen MR) is 118 cm³/mol. The van der Waals surface area contributed by atoms with Crippen LogP contribution < -0.4 is 5.32 Å². The van der Waals surface area contributed by atoms with Crippen LogP contribution in [0.2, 0.25) is 0 Å². The van der Waals surface area contributed by atoms with Crippen LogP contribution in [0.3, 0.4) is 0 Å². The third-order valence-corrected chi connectivity index (χ3v) is 6.54. The van der Waals surface area contributed by atoms with Crippen LogP contribution in [0.15, 0.2) is 77.6 Å². The quantitative estimate of drug-likeness (QED) is 0.649. The SMILES string of the molecule is Cc1ccc(C(=O)N2C(C(=O)NCCc3ccccc3)CSC2c2ccoc2)cc1. The molecule has 1 aliphatic heterocycles. The van der Waals surface area contributed by atoms with Crippen molar-refractivity contribution < 1.29 is 14.0 Å². The number of nitrogens with one attached hydrogen (secondary N) is 1. The van der Waals surface area contributed by atoms with Crippen molar-refractivity contribution in [2.45, 2.75) is 24.8 Å². The van der Waals surface area contributed by atoms with E-state index < -0.39 is 6.04 Å². The van der Waals surface area contributed by atoms with E-state index in [0.29, 0.717) is 17.9 Å². The van der Waals surface area contributed by atoms with Gasteiger partial charge in [-0.3, -0.25) is 9.59 Å². The number of furan rings is 1. The smallest absolute Gasteiger partial charge is 0.255 e. The summed E-state index contributed by atoms with van der Waals surface area (Å²) in [5, 5.41) is 2.77. The molecule has 30 heavy (non-hydrogen) atoms. The maximum atomic E-state index is 13.4. The molecule has 2 unspecified atom stereocenters. The molecule has 0 saturated carbocycles. The molecule has 4 rings (SSSR count). The molecule has 0 aliphatic carbocycles. The van der Waals surface area contributed by atoms with E-state index in [1.54, 1.807) is 29.2 Å². The molecule has 5 nitrogen and oxygen atoms in total. The molecular weight excluding hydrogens is 396 g/mol. The zero-order valence-corrected chi connectivity index (χ0v) is 17.6. The molecule has 1 aromatic heterocycles. The lowest BCUT2D eigenvalue weighted by Crippen LogP contribution is -2.48. The lowest BCUT2D eigenvalue weighted by molar-refractivity contribution is -0.124. The summed E-state index contributed by atoms with van der Waals surface area (Å²) in [6, 6.07) is 18.8. The van der Waals surface area contributed by atoms with Gasteiger partial charge in [-0.25, -0.2) is 0 Å². The number of thioether (sulfide) groups is 1. The Balaban J connectivity index is 1.50. The Morgan fingerprint density at radius 3 is 2.57 bits per heavy atom. The van der Waals surface area contributed by atoms with Crippen molar-refractivity contribution >= 4 is 23.6 Å². The lowest BCUT2D eigenvalue weighted by Gasteiger charge is -2.28. The highest BCUT2D eigenvalue weighted by Gasteiger charge is 2.42. The molecule has 2 atom stereocenters. The van der Waals surface area contributed by atoms with Crippen LogP contribution >= 0.6 is 11.8 Å². The summed E-state index contributed by atoms with van der Waals surface area (Å²) < 4.78 is 5.23. The van der Waals surface area contributed by atoms with Crippen molar-refractivity contribution in [1.82, 2.24) is 10.2 Å². The zero-order chi connectivity index (χ0) is 20.9. The van der Waals surface area contributed by atoms with Crippen molar-refractivity contribution in [2.75, 3.05) is 12.3 Å². The van der Waals surface area contributed by atoms with E-state index in [4.69, 9.17) is 4.42 Å². The summed E-state index contributed by atoms with van der Waals surface area (Å²) >= 11 is 1.58. The number of benzene rings is 2. The standard InChI is InChI=1S/C24H24N2O3S/c1-17-7-9-19(10-8-17)23(28)26-21(16-30-24(26)20-12-14-29-15-20)22(27)25-13-11-18-5-3-2-4-6-18/h2-10,12,14-15,21,24H,11,13,16H2,1H3,(H,25,27). The van der Waals surface area contributed by atoms with Crippen LogP contribution in [0, 0.1) is 6.92 Å². The van der Waals surface area contributed by atoms with Gasteiger partial charge in [0.25, 0.3) is 5.91 Å². The van der Waals surface area contributed by atoms with Crippen molar-refractivity contribution in [3.05, 3.63) is 95.4 Å². The van der Waals surface area contributed by atoms with Crippen LogP contribution in [0.4, 0.5) is 0 Å². The topological polar surface area (TPSA) is 62.6 Å². The molecule has 2 amide bonds. The van der Waals surface area contributed by atoms with Crippen LogP contribution in [0.5, 0.6) is 0 Å². The molecule has 0 bridgehead atoms. The fraction of sp³-hybridized carbons (Fsp3) is 0.250. The van der Waals surface area contributed by atoms with Crippen molar-refractivity contribution in [1.29, 1.82) is 0 Å². The number of rotatable bonds is 6. The summed E-state index contributed by atoms with van der Waals surface area (Å²) in [4.78, 5) is 28.1. The molecule has 1 fully saturated rings. The first kappa shape index (κ1) is 20.3. The van der Waals surface area contributed by atoms with Crippen LogP contribution in [-0.2, 0) is 11.2 Å². The number of hydrogen-bond acceptors (Lipinski definition) is 4. The van der Waals surface area contributed by atoms with E-state index in [0.717, 1.165) is 17.5 Å². The van der Waals surface area contributed by atoms with E-state index in [-0.39, 0.29) is 17.2 Å². The molecule has 2 heterocycles.